The van der Waals surface area contributed by atoms with Crippen LogP contribution in [0, 0.1) is 0 Å². The number of para-hydroxylation sites is 1. The highest BCUT2D eigenvalue weighted by atomic mass is 79.9. The summed E-state index contributed by atoms with van der Waals surface area (Å²) in [4.78, 5) is 12.2. The number of anilines is 1. The van der Waals surface area contributed by atoms with Crippen molar-refractivity contribution in [3.8, 4) is 11.5 Å². The molecule has 2 N–H and O–H groups in total. The molecule has 2 aromatic rings. The summed E-state index contributed by atoms with van der Waals surface area (Å²) in [6.07, 6.45) is 5.10. The SMILES string of the molecule is CCOc1cc(CNC2CCCC2)c(Br)cc1OCC(=O)Nc1ccccc1. The van der Waals surface area contributed by atoms with E-state index in [4.69, 9.17) is 9.47 Å². The van der Waals surface area contributed by atoms with Gasteiger partial charge in [-0.3, -0.25) is 4.79 Å². The lowest BCUT2D eigenvalue weighted by atomic mass is 10.1. The Labute approximate surface area is 174 Å². The number of ether oxygens (including phenoxy) is 2. The molecule has 1 amide bonds. The summed E-state index contributed by atoms with van der Waals surface area (Å²) < 4.78 is 12.4. The molecule has 5 nitrogen and oxygen atoms in total. The van der Waals surface area contributed by atoms with E-state index in [1.54, 1.807) is 0 Å². The van der Waals surface area contributed by atoms with Crippen LogP contribution < -0.4 is 20.1 Å². The smallest absolute Gasteiger partial charge is 0.262 e. The second-order valence-electron chi connectivity index (χ2n) is 6.89. The number of hydrogen-bond donors (Lipinski definition) is 2. The van der Waals surface area contributed by atoms with Crippen LogP contribution in [0.15, 0.2) is 46.9 Å². The molecular formula is C22H27BrN2O3. The summed E-state index contributed by atoms with van der Waals surface area (Å²) in [6, 6.07) is 13.8. The van der Waals surface area contributed by atoms with Crippen LogP contribution in [-0.4, -0.2) is 25.2 Å². The first kappa shape index (κ1) is 20.7. The van der Waals surface area contributed by atoms with Crippen molar-refractivity contribution in [2.45, 2.75) is 45.2 Å². The molecule has 0 aromatic heterocycles. The minimum absolute atomic E-state index is 0.0823. The highest BCUT2D eigenvalue weighted by Gasteiger charge is 2.16. The molecule has 1 aliphatic carbocycles. The molecule has 0 saturated heterocycles. The Morgan fingerprint density at radius 3 is 2.54 bits per heavy atom. The predicted molar refractivity (Wildman–Crippen MR) is 115 cm³/mol. The van der Waals surface area contributed by atoms with Crippen LogP contribution in [0.25, 0.3) is 0 Å². The van der Waals surface area contributed by atoms with E-state index in [0.29, 0.717) is 24.1 Å². The van der Waals surface area contributed by atoms with Gasteiger partial charge in [-0.25, -0.2) is 0 Å². The van der Waals surface area contributed by atoms with E-state index in [1.807, 2.05) is 49.4 Å². The van der Waals surface area contributed by atoms with Gasteiger partial charge in [-0.1, -0.05) is 47.0 Å². The van der Waals surface area contributed by atoms with E-state index in [-0.39, 0.29) is 12.5 Å². The fraction of sp³-hybridized carbons (Fsp3) is 0.409. The summed E-state index contributed by atoms with van der Waals surface area (Å²) in [5, 5.41) is 6.43. The molecule has 150 valence electrons. The minimum atomic E-state index is -0.211. The van der Waals surface area contributed by atoms with E-state index >= 15 is 0 Å². The zero-order valence-electron chi connectivity index (χ0n) is 16.2. The predicted octanol–water partition coefficient (Wildman–Crippen LogP) is 4.90. The van der Waals surface area contributed by atoms with Gasteiger partial charge in [0.05, 0.1) is 6.61 Å². The first-order chi connectivity index (χ1) is 13.7. The van der Waals surface area contributed by atoms with Gasteiger partial charge in [-0.15, -0.1) is 0 Å². The van der Waals surface area contributed by atoms with Gasteiger partial charge >= 0.3 is 0 Å². The van der Waals surface area contributed by atoms with E-state index < -0.39 is 0 Å². The maximum Gasteiger partial charge on any atom is 0.262 e. The molecule has 0 spiro atoms. The normalized spacial score (nSPS) is 14.1. The minimum Gasteiger partial charge on any atom is -0.490 e. The fourth-order valence-corrected chi connectivity index (χ4v) is 3.80. The molecule has 0 atom stereocenters. The van der Waals surface area contributed by atoms with Crippen LogP contribution in [-0.2, 0) is 11.3 Å². The quantitative estimate of drug-likeness (QED) is 0.574. The number of carbonyl (C=O) groups excluding carboxylic acids is 1. The summed E-state index contributed by atoms with van der Waals surface area (Å²) in [5.74, 6) is 1.000. The largest absolute Gasteiger partial charge is 0.490 e. The van der Waals surface area contributed by atoms with Gasteiger partial charge in [0.2, 0.25) is 0 Å². The molecule has 28 heavy (non-hydrogen) atoms. The van der Waals surface area contributed by atoms with Crippen molar-refractivity contribution >= 4 is 27.5 Å². The Hall–Kier alpha value is -2.05. The Balaban J connectivity index is 1.62. The topological polar surface area (TPSA) is 59.6 Å². The molecule has 1 saturated carbocycles. The Morgan fingerprint density at radius 2 is 1.82 bits per heavy atom. The maximum absolute atomic E-state index is 12.2. The third-order valence-electron chi connectivity index (χ3n) is 4.77. The Kier molecular flexibility index (Phi) is 7.74. The first-order valence-corrected chi connectivity index (χ1v) is 10.6. The highest BCUT2D eigenvalue weighted by Crippen LogP contribution is 2.34. The van der Waals surface area contributed by atoms with Crippen molar-refractivity contribution < 1.29 is 14.3 Å². The number of rotatable bonds is 9. The molecular weight excluding hydrogens is 420 g/mol. The second-order valence-corrected chi connectivity index (χ2v) is 7.74. The van der Waals surface area contributed by atoms with E-state index in [9.17, 15) is 4.79 Å². The standard InChI is InChI=1S/C22H27BrN2O3/c1-2-27-20-12-16(14-24-17-8-6-7-9-17)19(23)13-21(20)28-15-22(26)25-18-10-4-3-5-11-18/h3-5,10-13,17,24H,2,6-9,14-15H2,1H3,(H,25,26). The van der Waals surface area contributed by atoms with E-state index in [2.05, 4.69) is 26.6 Å². The van der Waals surface area contributed by atoms with Crippen LogP contribution in [0.3, 0.4) is 0 Å². The van der Waals surface area contributed by atoms with Crippen LogP contribution in [0.2, 0.25) is 0 Å². The van der Waals surface area contributed by atoms with Crippen molar-refractivity contribution in [2.24, 2.45) is 0 Å². The third kappa shape index (κ3) is 5.97. The number of benzene rings is 2. The zero-order valence-corrected chi connectivity index (χ0v) is 17.8. The fourth-order valence-electron chi connectivity index (χ4n) is 3.34. The van der Waals surface area contributed by atoms with Crippen molar-refractivity contribution in [1.82, 2.24) is 5.32 Å². The Morgan fingerprint density at radius 1 is 1.11 bits per heavy atom. The number of amides is 1. The molecule has 1 aliphatic rings. The lowest BCUT2D eigenvalue weighted by molar-refractivity contribution is -0.118. The molecule has 0 aliphatic heterocycles. The van der Waals surface area contributed by atoms with Gasteiger partial charge < -0.3 is 20.1 Å². The van der Waals surface area contributed by atoms with E-state index in [0.717, 1.165) is 22.3 Å². The molecule has 3 rings (SSSR count). The molecule has 0 heterocycles. The molecule has 0 radical (unpaired) electrons. The van der Waals surface area contributed by atoms with Crippen LogP contribution in [0.4, 0.5) is 5.69 Å². The van der Waals surface area contributed by atoms with Crippen LogP contribution in [0.5, 0.6) is 11.5 Å². The molecule has 1 fully saturated rings. The van der Waals surface area contributed by atoms with Crippen LogP contribution >= 0.6 is 15.9 Å². The van der Waals surface area contributed by atoms with Gasteiger partial charge in [0.15, 0.2) is 18.1 Å². The second kappa shape index (κ2) is 10.5. The average molecular weight is 447 g/mol. The van der Waals surface area contributed by atoms with Crippen molar-refractivity contribution in [3.63, 3.8) is 0 Å². The van der Waals surface area contributed by atoms with Crippen molar-refractivity contribution in [3.05, 3.63) is 52.5 Å². The number of nitrogens with one attached hydrogen (secondary N) is 2. The Bertz CT molecular complexity index is 777. The molecule has 0 bridgehead atoms. The van der Waals surface area contributed by atoms with Gasteiger partial charge in [-0.05, 0) is 49.6 Å². The molecule has 2 aromatic carbocycles. The number of hydrogen-bond acceptors (Lipinski definition) is 4. The van der Waals surface area contributed by atoms with Gasteiger partial charge in [0, 0.05) is 22.7 Å². The molecule has 6 heteroatoms. The van der Waals surface area contributed by atoms with E-state index in [1.165, 1.54) is 25.7 Å². The molecule has 0 unspecified atom stereocenters. The summed E-state index contributed by atoms with van der Waals surface area (Å²) >= 11 is 3.63. The lowest BCUT2D eigenvalue weighted by Crippen LogP contribution is -2.25. The summed E-state index contributed by atoms with van der Waals surface area (Å²) in [5.41, 5.74) is 1.87. The average Bonchev–Trinajstić information content (AvgIpc) is 3.21. The van der Waals surface area contributed by atoms with Gasteiger partial charge in [0.25, 0.3) is 5.91 Å². The monoisotopic (exact) mass is 446 g/mol. The van der Waals surface area contributed by atoms with Crippen molar-refractivity contribution in [2.75, 3.05) is 18.5 Å². The van der Waals surface area contributed by atoms with Crippen molar-refractivity contribution in [1.29, 1.82) is 0 Å². The van der Waals surface area contributed by atoms with Gasteiger partial charge in [-0.2, -0.15) is 0 Å². The van der Waals surface area contributed by atoms with Gasteiger partial charge in [0.1, 0.15) is 0 Å². The first-order valence-electron chi connectivity index (χ1n) is 9.82. The zero-order chi connectivity index (χ0) is 19.8. The third-order valence-corrected chi connectivity index (χ3v) is 5.50. The summed E-state index contributed by atoms with van der Waals surface area (Å²) in [7, 11) is 0. The van der Waals surface area contributed by atoms with Crippen LogP contribution in [0.1, 0.15) is 38.2 Å². The number of halogens is 1. The maximum atomic E-state index is 12.2. The highest BCUT2D eigenvalue weighted by molar-refractivity contribution is 9.10. The number of carbonyl (C=O) groups is 1. The lowest BCUT2D eigenvalue weighted by Gasteiger charge is -2.17. The summed E-state index contributed by atoms with van der Waals surface area (Å²) in [6.45, 7) is 3.16.